The van der Waals surface area contributed by atoms with Crippen LogP contribution in [0, 0.1) is 5.82 Å². The highest BCUT2D eigenvalue weighted by molar-refractivity contribution is 6.35. The van der Waals surface area contributed by atoms with Crippen molar-refractivity contribution < 1.29 is 4.39 Å². The molecule has 0 aliphatic rings. The average molecular weight is 320 g/mol. The summed E-state index contributed by atoms with van der Waals surface area (Å²) in [7, 11) is 0. The van der Waals surface area contributed by atoms with Crippen LogP contribution in [0.25, 0.3) is 10.8 Å². The Bertz CT molecular complexity index is 817. The summed E-state index contributed by atoms with van der Waals surface area (Å²) in [5.41, 5.74) is 7.93. The molecule has 4 heteroatoms. The molecule has 2 N–H and O–H groups in total. The summed E-state index contributed by atoms with van der Waals surface area (Å²) in [6, 6.07) is 15.2. The minimum Gasteiger partial charge on any atom is -0.320 e. The molecule has 0 spiro atoms. The second-order valence-electron chi connectivity index (χ2n) is 4.83. The first-order valence-corrected chi connectivity index (χ1v) is 7.21. The van der Waals surface area contributed by atoms with Crippen molar-refractivity contribution in [1.82, 2.24) is 0 Å². The Kier molecular flexibility index (Phi) is 3.85. The van der Waals surface area contributed by atoms with Crippen LogP contribution in [0.4, 0.5) is 4.39 Å². The van der Waals surface area contributed by atoms with Gasteiger partial charge in [0, 0.05) is 15.4 Å². The molecule has 0 aromatic heterocycles. The highest BCUT2D eigenvalue weighted by Gasteiger charge is 2.16. The van der Waals surface area contributed by atoms with Gasteiger partial charge in [0.25, 0.3) is 0 Å². The Labute approximate surface area is 132 Å². The van der Waals surface area contributed by atoms with E-state index >= 15 is 0 Å². The quantitative estimate of drug-likeness (QED) is 0.678. The Morgan fingerprint density at radius 1 is 0.857 bits per heavy atom. The fourth-order valence-corrected chi connectivity index (χ4v) is 3.00. The molecule has 1 atom stereocenters. The predicted octanol–water partition coefficient (Wildman–Crippen LogP) is 5.33. The van der Waals surface area contributed by atoms with E-state index in [4.69, 9.17) is 28.9 Å². The molecule has 0 radical (unpaired) electrons. The normalized spacial score (nSPS) is 12.6. The molecular weight excluding hydrogens is 308 g/mol. The molecule has 0 bridgehead atoms. The molecule has 3 aromatic carbocycles. The van der Waals surface area contributed by atoms with Gasteiger partial charge < -0.3 is 5.73 Å². The molecule has 0 amide bonds. The van der Waals surface area contributed by atoms with Crippen molar-refractivity contribution >= 4 is 34.0 Å². The first-order chi connectivity index (χ1) is 10.1. The van der Waals surface area contributed by atoms with E-state index in [1.54, 1.807) is 36.4 Å². The zero-order valence-corrected chi connectivity index (χ0v) is 12.5. The Morgan fingerprint density at radius 3 is 2.24 bits per heavy atom. The third kappa shape index (κ3) is 2.62. The Morgan fingerprint density at radius 2 is 1.52 bits per heavy atom. The first-order valence-electron chi connectivity index (χ1n) is 6.45. The zero-order valence-electron chi connectivity index (χ0n) is 11.0. The fraction of sp³-hybridized carbons (Fsp3) is 0.0588. The Hall–Kier alpha value is -1.61. The minimum absolute atomic E-state index is 0.260. The van der Waals surface area contributed by atoms with Crippen LogP contribution >= 0.6 is 23.2 Å². The molecular formula is C17H12Cl2FN. The molecule has 1 nitrogen and oxygen atoms in total. The summed E-state index contributed by atoms with van der Waals surface area (Å²) in [5.74, 6) is -0.260. The van der Waals surface area contributed by atoms with Crippen molar-refractivity contribution in [3.63, 3.8) is 0 Å². The minimum atomic E-state index is -0.444. The van der Waals surface area contributed by atoms with Crippen LogP contribution in [0.1, 0.15) is 17.2 Å². The molecule has 3 aromatic rings. The summed E-state index contributed by atoms with van der Waals surface area (Å²) in [6.07, 6.45) is 0. The molecule has 0 fully saturated rings. The SMILES string of the molecule is NC(c1ccc(Cl)cc1Cl)c1ccc(F)c2ccccc12. The summed E-state index contributed by atoms with van der Waals surface area (Å²) >= 11 is 12.1. The van der Waals surface area contributed by atoms with Crippen LogP contribution in [-0.2, 0) is 0 Å². The number of fused-ring (bicyclic) bond motifs is 1. The number of benzene rings is 3. The highest BCUT2D eigenvalue weighted by Crippen LogP contribution is 2.33. The molecule has 0 saturated carbocycles. The van der Waals surface area contributed by atoms with Crippen molar-refractivity contribution in [3.05, 3.63) is 81.6 Å². The predicted molar refractivity (Wildman–Crippen MR) is 86.4 cm³/mol. The van der Waals surface area contributed by atoms with Crippen LogP contribution in [0.15, 0.2) is 54.6 Å². The van der Waals surface area contributed by atoms with Gasteiger partial charge in [-0.2, -0.15) is 0 Å². The molecule has 21 heavy (non-hydrogen) atoms. The summed E-state index contributed by atoms with van der Waals surface area (Å²) in [5, 5.41) is 2.40. The van der Waals surface area contributed by atoms with Gasteiger partial charge in [0.15, 0.2) is 0 Å². The second kappa shape index (κ2) is 5.64. The molecule has 0 aliphatic heterocycles. The lowest BCUT2D eigenvalue weighted by Crippen LogP contribution is -2.13. The number of hydrogen-bond acceptors (Lipinski definition) is 1. The topological polar surface area (TPSA) is 26.0 Å². The Balaban J connectivity index is 2.18. The highest BCUT2D eigenvalue weighted by atomic mass is 35.5. The number of hydrogen-bond donors (Lipinski definition) is 1. The van der Waals surface area contributed by atoms with Crippen LogP contribution in [0.3, 0.4) is 0 Å². The third-order valence-electron chi connectivity index (χ3n) is 3.54. The van der Waals surface area contributed by atoms with Gasteiger partial charge in [-0.25, -0.2) is 4.39 Å². The molecule has 0 heterocycles. The van der Waals surface area contributed by atoms with E-state index in [9.17, 15) is 4.39 Å². The van der Waals surface area contributed by atoms with E-state index in [0.29, 0.717) is 15.4 Å². The van der Waals surface area contributed by atoms with Crippen molar-refractivity contribution in [3.8, 4) is 0 Å². The standard InChI is InChI=1S/C17H12Cl2FN/c18-10-5-6-14(15(19)9-10)17(21)13-7-8-16(20)12-4-2-1-3-11(12)13/h1-9,17H,21H2. The van der Waals surface area contributed by atoms with Gasteiger partial charge in [0.05, 0.1) is 6.04 Å². The lowest BCUT2D eigenvalue weighted by Gasteiger charge is -2.17. The van der Waals surface area contributed by atoms with Gasteiger partial charge in [0.2, 0.25) is 0 Å². The average Bonchev–Trinajstić information content (AvgIpc) is 2.47. The second-order valence-corrected chi connectivity index (χ2v) is 5.67. The van der Waals surface area contributed by atoms with Crippen LogP contribution < -0.4 is 5.73 Å². The van der Waals surface area contributed by atoms with E-state index < -0.39 is 6.04 Å². The van der Waals surface area contributed by atoms with E-state index in [0.717, 1.165) is 16.5 Å². The third-order valence-corrected chi connectivity index (χ3v) is 4.10. The largest absolute Gasteiger partial charge is 0.320 e. The zero-order chi connectivity index (χ0) is 15.0. The van der Waals surface area contributed by atoms with Gasteiger partial charge in [-0.3, -0.25) is 0 Å². The molecule has 1 unspecified atom stereocenters. The molecule has 0 saturated heterocycles. The van der Waals surface area contributed by atoms with Crippen LogP contribution in [0.5, 0.6) is 0 Å². The van der Waals surface area contributed by atoms with E-state index in [1.165, 1.54) is 6.07 Å². The van der Waals surface area contributed by atoms with Gasteiger partial charge >= 0.3 is 0 Å². The molecule has 3 rings (SSSR count). The van der Waals surface area contributed by atoms with Crippen LogP contribution in [0.2, 0.25) is 10.0 Å². The maximum atomic E-state index is 13.9. The van der Waals surface area contributed by atoms with Crippen molar-refractivity contribution in [2.45, 2.75) is 6.04 Å². The maximum absolute atomic E-state index is 13.9. The van der Waals surface area contributed by atoms with Crippen molar-refractivity contribution in [1.29, 1.82) is 0 Å². The van der Waals surface area contributed by atoms with Crippen LogP contribution in [-0.4, -0.2) is 0 Å². The summed E-state index contributed by atoms with van der Waals surface area (Å²) in [6.45, 7) is 0. The smallest absolute Gasteiger partial charge is 0.131 e. The maximum Gasteiger partial charge on any atom is 0.131 e. The monoisotopic (exact) mass is 319 g/mol. The number of halogens is 3. The summed E-state index contributed by atoms with van der Waals surface area (Å²) < 4.78 is 13.9. The molecule has 0 aliphatic carbocycles. The number of nitrogens with two attached hydrogens (primary N) is 1. The van der Waals surface area contributed by atoms with E-state index in [1.807, 2.05) is 12.1 Å². The van der Waals surface area contributed by atoms with Gasteiger partial charge in [-0.1, -0.05) is 59.6 Å². The number of rotatable bonds is 2. The summed E-state index contributed by atoms with van der Waals surface area (Å²) in [4.78, 5) is 0. The van der Waals surface area contributed by atoms with Gasteiger partial charge in [-0.05, 0) is 34.7 Å². The van der Waals surface area contributed by atoms with Crippen molar-refractivity contribution in [2.24, 2.45) is 5.73 Å². The van der Waals surface area contributed by atoms with Gasteiger partial charge in [-0.15, -0.1) is 0 Å². The van der Waals surface area contributed by atoms with Crippen molar-refractivity contribution in [2.75, 3.05) is 0 Å². The van der Waals surface area contributed by atoms with E-state index in [-0.39, 0.29) is 5.82 Å². The molecule has 106 valence electrons. The van der Waals surface area contributed by atoms with Gasteiger partial charge in [0.1, 0.15) is 5.82 Å². The fourth-order valence-electron chi connectivity index (χ4n) is 2.48. The first kappa shape index (κ1) is 14.3. The lowest BCUT2D eigenvalue weighted by molar-refractivity contribution is 0.639. The van der Waals surface area contributed by atoms with E-state index in [2.05, 4.69) is 0 Å². The lowest BCUT2D eigenvalue weighted by atomic mass is 9.94.